The highest BCUT2D eigenvalue weighted by atomic mass is 16.3. The predicted octanol–water partition coefficient (Wildman–Crippen LogP) is 2.25. The van der Waals surface area contributed by atoms with E-state index in [1.165, 1.54) is 34.7 Å². The Hall–Kier alpha value is -3.14. The van der Waals surface area contributed by atoms with Crippen molar-refractivity contribution in [1.29, 1.82) is 0 Å². The fraction of sp³-hybridized carbons (Fsp3) is 0.250. The number of fused-ring (bicyclic) bond motifs is 2. The first kappa shape index (κ1) is 23.6. The molecule has 0 aliphatic carbocycles. The van der Waals surface area contributed by atoms with Gasteiger partial charge in [-0.15, -0.1) is 0 Å². The van der Waals surface area contributed by atoms with E-state index < -0.39 is 6.15 Å². The maximum Gasteiger partial charge on any atom is 0.108 e. The Bertz CT molecular complexity index is 1010. The molecule has 35 heavy (non-hydrogen) atoms. The second kappa shape index (κ2) is 10.6. The van der Waals surface area contributed by atoms with Crippen molar-refractivity contribution in [1.82, 2.24) is 0 Å². The van der Waals surface area contributed by atoms with E-state index in [2.05, 4.69) is 128 Å². The lowest BCUT2D eigenvalue weighted by molar-refractivity contribution is -0.923. The van der Waals surface area contributed by atoms with Gasteiger partial charge in [0.2, 0.25) is 0 Å². The van der Waals surface area contributed by atoms with Crippen molar-refractivity contribution < 1.29 is 10.0 Å². The number of quaternary nitrogens is 1. The number of aliphatic hydroxyl groups excluding tert-OH is 1. The first-order valence-electron chi connectivity index (χ1n) is 13.1. The Morgan fingerprint density at radius 2 is 0.829 bits per heavy atom. The first-order chi connectivity index (χ1) is 17.2. The Labute approximate surface area is 210 Å². The molecule has 178 valence electrons. The van der Waals surface area contributed by atoms with Crippen molar-refractivity contribution in [3.05, 3.63) is 121 Å². The Morgan fingerprint density at radius 1 is 0.543 bits per heavy atom. The molecule has 2 N–H and O–H groups in total. The van der Waals surface area contributed by atoms with Crippen LogP contribution in [-0.4, -0.2) is 36.5 Å². The van der Waals surface area contributed by atoms with Gasteiger partial charge in [-0.1, -0.05) is 121 Å². The molecule has 0 saturated carbocycles. The van der Waals surface area contributed by atoms with Crippen LogP contribution < -0.4 is 26.8 Å². The molecule has 2 unspecified atom stereocenters. The molecule has 0 radical (unpaired) electrons. The zero-order valence-electron chi connectivity index (χ0n) is 20.6. The highest BCUT2D eigenvalue weighted by Gasteiger charge is 2.41. The Kier molecular flexibility index (Phi) is 7.17. The van der Waals surface area contributed by atoms with Crippen molar-refractivity contribution in [2.24, 2.45) is 0 Å². The smallest absolute Gasteiger partial charge is 0.108 e. The average molecular weight is 461 g/mol. The second-order valence-corrected chi connectivity index (χ2v) is 10.3. The number of hydrogen-bond acceptors (Lipinski definition) is 1. The largest absolute Gasteiger partial charge is 0.393 e. The first-order valence-corrected chi connectivity index (χ1v) is 13.1. The molecule has 0 aromatic heterocycles. The number of hydrogen-bond donors (Lipinski definition) is 2. The third-order valence-electron chi connectivity index (χ3n) is 8.46. The van der Waals surface area contributed by atoms with Gasteiger partial charge in [-0.25, -0.2) is 0 Å². The minimum Gasteiger partial charge on any atom is -0.393 e. The minimum absolute atomic E-state index is 0.0150. The molecule has 2 aliphatic rings. The summed E-state index contributed by atoms with van der Waals surface area (Å²) in [6.45, 7) is 0. The van der Waals surface area contributed by atoms with Crippen molar-refractivity contribution in [3.8, 4) is 0 Å². The number of piperidine rings is 1. The van der Waals surface area contributed by atoms with Gasteiger partial charge >= 0.3 is 0 Å². The molecule has 0 spiro atoms. The number of nitrogens with one attached hydrogen (secondary N) is 1. The SMILES string of the molecule is C[NH+]1C2CCC1CC(O)C2.c1ccc([B-](c2ccccc2)(c2ccccc2)c2ccccc2)cc1. The molecule has 4 aromatic carbocycles. The van der Waals surface area contributed by atoms with Crippen LogP contribution in [0, 0.1) is 0 Å². The van der Waals surface area contributed by atoms with E-state index in [1.54, 1.807) is 4.90 Å². The summed E-state index contributed by atoms with van der Waals surface area (Å²) in [6.07, 6.45) is 3.57. The molecular formula is C32H36BNO. The maximum atomic E-state index is 9.39. The minimum atomic E-state index is -1.22. The summed E-state index contributed by atoms with van der Waals surface area (Å²) in [5.41, 5.74) is 5.36. The summed E-state index contributed by atoms with van der Waals surface area (Å²) in [5, 5.41) is 9.39. The zero-order valence-corrected chi connectivity index (χ0v) is 20.6. The van der Waals surface area contributed by atoms with Crippen LogP contribution in [0.3, 0.4) is 0 Å². The standard InChI is InChI=1S/C24H20B.C8H15NO/c1-5-13-21(14-6-1)25(22-15-7-2-8-16-22,23-17-9-3-10-18-23)24-19-11-4-12-20-24;1-9-6-2-3-7(9)5-8(10)4-6/h1-20H;6-8,10H,2-5H2,1H3/q-1;/p+1. The Balaban J connectivity index is 0.000000211. The molecule has 6 rings (SSSR count). The van der Waals surface area contributed by atoms with Gasteiger partial charge in [0.15, 0.2) is 0 Å². The molecule has 2 bridgehead atoms. The highest BCUT2D eigenvalue weighted by Crippen LogP contribution is 2.21. The molecule has 2 saturated heterocycles. The fourth-order valence-corrected chi connectivity index (χ4v) is 6.67. The topological polar surface area (TPSA) is 24.7 Å². The lowest BCUT2D eigenvalue weighted by atomic mass is 9.13. The van der Waals surface area contributed by atoms with Crippen molar-refractivity contribution in [3.63, 3.8) is 0 Å². The lowest BCUT2D eigenvalue weighted by Gasteiger charge is -2.44. The molecule has 0 amide bonds. The monoisotopic (exact) mass is 461 g/mol. The van der Waals surface area contributed by atoms with Crippen LogP contribution in [-0.2, 0) is 0 Å². The summed E-state index contributed by atoms with van der Waals surface area (Å²) < 4.78 is 0. The van der Waals surface area contributed by atoms with Gasteiger partial charge in [-0.05, 0) is 0 Å². The van der Waals surface area contributed by atoms with Crippen LogP contribution in [0.4, 0.5) is 0 Å². The van der Waals surface area contributed by atoms with Crippen LogP contribution in [0.2, 0.25) is 0 Å². The van der Waals surface area contributed by atoms with Gasteiger partial charge in [0.25, 0.3) is 0 Å². The van der Waals surface area contributed by atoms with E-state index in [4.69, 9.17) is 0 Å². The predicted molar refractivity (Wildman–Crippen MR) is 149 cm³/mol. The normalized spacial score (nSPS) is 23.3. The van der Waals surface area contributed by atoms with Crippen LogP contribution >= 0.6 is 0 Å². The van der Waals surface area contributed by atoms with E-state index in [9.17, 15) is 5.11 Å². The van der Waals surface area contributed by atoms with Gasteiger partial charge in [0.05, 0.1) is 25.2 Å². The molecule has 2 nitrogen and oxygen atoms in total. The summed E-state index contributed by atoms with van der Waals surface area (Å²) in [4.78, 5) is 1.67. The highest BCUT2D eigenvalue weighted by molar-refractivity contribution is 7.19. The third kappa shape index (κ3) is 4.71. The number of aliphatic hydroxyl groups is 1. The summed E-state index contributed by atoms with van der Waals surface area (Å²) in [5.74, 6) is 0. The van der Waals surface area contributed by atoms with E-state index >= 15 is 0 Å². The average Bonchev–Trinajstić information content (AvgIpc) is 3.12. The molecule has 2 heterocycles. The fourth-order valence-electron chi connectivity index (χ4n) is 6.67. The molecule has 4 aromatic rings. The quantitative estimate of drug-likeness (QED) is 0.448. The summed E-state index contributed by atoms with van der Waals surface area (Å²) >= 11 is 0. The van der Waals surface area contributed by atoms with E-state index in [1.807, 2.05) is 0 Å². The van der Waals surface area contributed by atoms with E-state index in [0.29, 0.717) is 0 Å². The molecule has 3 heteroatoms. The summed E-state index contributed by atoms with van der Waals surface area (Å²) in [6, 6.07) is 45.1. The van der Waals surface area contributed by atoms with Gasteiger partial charge < -0.3 is 10.0 Å². The van der Waals surface area contributed by atoms with Crippen molar-refractivity contribution in [2.75, 3.05) is 7.05 Å². The van der Waals surface area contributed by atoms with Gasteiger partial charge in [-0.3, -0.25) is 0 Å². The van der Waals surface area contributed by atoms with Crippen LogP contribution in [0.5, 0.6) is 0 Å². The maximum absolute atomic E-state index is 9.39. The number of benzene rings is 4. The van der Waals surface area contributed by atoms with Crippen molar-refractivity contribution >= 4 is 28.0 Å². The van der Waals surface area contributed by atoms with E-state index in [0.717, 1.165) is 24.9 Å². The van der Waals surface area contributed by atoms with Gasteiger partial charge in [-0.2, -0.15) is 21.9 Å². The van der Waals surface area contributed by atoms with Gasteiger partial charge in [0, 0.05) is 25.7 Å². The third-order valence-corrected chi connectivity index (χ3v) is 8.46. The Morgan fingerprint density at radius 3 is 1.11 bits per heavy atom. The van der Waals surface area contributed by atoms with Crippen LogP contribution in [0.15, 0.2) is 121 Å². The molecular weight excluding hydrogens is 425 g/mol. The van der Waals surface area contributed by atoms with E-state index in [-0.39, 0.29) is 6.10 Å². The lowest BCUT2D eigenvalue weighted by Crippen LogP contribution is -3.15. The molecule has 2 fully saturated rings. The van der Waals surface area contributed by atoms with Crippen LogP contribution in [0.25, 0.3) is 0 Å². The molecule has 2 aliphatic heterocycles. The van der Waals surface area contributed by atoms with Crippen LogP contribution in [0.1, 0.15) is 25.7 Å². The number of rotatable bonds is 4. The second-order valence-electron chi connectivity index (χ2n) is 10.3. The zero-order chi connectivity index (χ0) is 24.1. The summed E-state index contributed by atoms with van der Waals surface area (Å²) in [7, 11) is 2.27. The van der Waals surface area contributed by atoms with Crippen molar-refractivity contribution in [2.45, 2.75) is 43.9 Å². The molecule has 2 atom stereocenters. The van der Waals surface area contributed by atoms with Gasteiger partial charge in [0.1, 0.15) is 6.15 Å².